The van der Waals surface area contributed by atoms with Crippen molar-refractivity contribution in [1.82, 2.24) is 25.5 Å². The first kappa shape index (κ1) is 22.3. The smallest absolute Gasteiger partial charge is 0.319 e. The Hall–Kier alpha value is -2.91. The number of ether oxygens (including phenoxy) is 3. The normalized spacial score (nSPS) is 14.7. The van der Waals surface area contributed by atoms with Gasteiger partial charge in [0.05, 0.1) is 19.4 Å². The minimum Gasteiger partial charge on any atom is -0.496 e. The van der Waals surface area contributed by atoms with Gasteiger partial charge in [0.25, 0.3) is 0 Å². The number of rotatable bonds is 10. The number of hydrogen-bond acceptors (Lipinski definition) is 8. The summed E-state index contributed by atoms with van der Waals surface area (Å²) >= 11 is 0. The fourth-order valence-corrected chi connectivity index (χ4v) is 3.84. The van der Waals surface area contributed by atoms with E-state index in [2.05, 4.69) is 50.6 Å². The lowest BCUT2D eigenvalue weighted by molar-refractivity contribution is 0.0776. The number of nitrogen functional groups attached to an aromatic ring is 1. The maximum absolute atomic E-state index is 6.09. The molecule has 0 saturated carbocycles. The van der Waals surface area contributed by atoms with Gasteiger partial charge in [0, 0.05) is 37.8 Å². The molecule has 1 saturated heterocycles. The molecule has 0 aliphatic carbocycles. The Bertz CT molecular complexity index is 1030. The first-order valence-corrected chi connectivity index (χ1v) is 11.3. The molecule has 1 aromatic carbocycles. The van der Waals surface area contributed by atoms with Crippen LogP contribution in [0.1, 0.15) is 49.4 Å². The highest BCUT2D eigenvalue weighted by Crippen LogP contribution is 2.27. The highest BCUT2D eigenvalue weighted by atomic mass is 16.5. The van der Waals surface area contributed by atoms with Crippen LogP contribution < -0.4 is 20.5 Å². The summed E-state index contributed by atoms with van der Waals surface area (Å²) < 4.78 is 16.8. The second-order valence-corrected chi connectivity index (χ2v) is 8.08. The molecule has 172 valence electrons. The van der Waals surface area contributed by atoms with Crippen molar-refractivity contribution in [3.63, 3.8) is 0 Å². The first-order chi connectivity index (χ1) is 15.7. The summed E-state index contributed by atoms with van der Waals surface area (Å²) in [6.45, 7) is 5.13. The average Bonchev–Trinajstić information content (AvgIpc) is 3.22. The van der Waals surface area contributed by atoms with Crippen molar-refractivity contribution in [2.75, 3.05) is 32.7 Å². The van der Waals surface area contributed by atoms with E-state index in [1.165, 1.54) is 5.56 Å². The van der Waals surface area contributed by atoms with Crippen molar-refractivity contribution in [3.05, 3.63) is 35.0 Å². The van der Waals surface area contributed by atoms with E-state index < -0.39 is 0 Å². The summed E-state index contributed by atoms with van der Waals surface area (Å²) in [4.78, 5) is 8.77. The third kappa shape index (κ3) is 5.28. The molecule has 3 heterocycles. The number of fused-ring (bicyclic) bond motifs is 1. The summed E-state index contributed by atoms with van der Waals surface area (Å²) in [6.07, 6.45) is 4.66. The SMILES string of the molecule is CCCCOc1nc(N)c2n[nH]c(Cc3ccc(CNC4CCOCC4)cc3OC)c2n1. The number of aromatic nitrogens is 4. The highest BCUT2D eigenvalue weighted by molar-refractivity contribution is 5.86. The van der Waals surface area contributed by atoms with E-state index in [4.69, 9.17) is 19.9 Å². The number of unbranched alkanes of at least 4 members (excludes halogenated alkanes) is 1. The number of nitrogens with two attached hydrogens (primary N) is 1. The lowest BCUT2D eigenvalue weighted by atomic mass is 10.0. The Kier molecular flexibility index (Phi) is 7.39. The van der Waals surface area contributed by atoms with Crippen LogP contribution in [0.3, 0.4) is 0 Å². The van der Waals surface area contributed by atoms with E-state index >= 15 is 0 Å². The molecule has 0 spiro atoms. The minimum absolute atomic E-state index is 0.285. The molecule has 0 radical (unpaired) electrons. The monoisotopic (exact) mass is 440 g/mol. The van der Waals surface area contributed by atoms with E-state index in [9.17, 15) is 0 Å². The van der Waals surface area contributed by atoms with Crippen LogP contribution in [0.4, 0.5) is 5.82 Å². The van der Waals surface area contributed by atoms with Crippen LogP contribution >= 0.6 is 0 Å². The molecule has 3 aromatic rings. The zero-order valence-electron chi connectivity index (χ0n) is 18.8. The molecule has 2 aromatic heterocycles. The quantitative estimate of drug-likeness (QED) is 0.412. The summed E-state index contributed by atoms with van der Waals surface area (Å²) in [6, 6.07) is 7.10. The molecule has 9 nitrogen and oxygen atoms in total. The van der Waals surface area contributed by atoms with Crippen LogP contribution in [-0.4, -0.2) is 53.1 Å². The number of methoxy groups -OCH3 is 1. The van der Waals surface area contributed by atoms with Crippen LogP contribution in [0, 0.1) is 0 Å². The van der Waals surface area contributed by atoms with Crippen molar-refractivity contribution >= 4 is 16.9 Å². The summed E-state index contributed by atoms with van der Waals surface area (Å²) in [5.74, 6) is 1.14. The van der Waals surface area contributed by atoms with Crippen molar-refractivity contribution < 1.29 is 14.2 Å². The highest BCUT2D eigenvalue weighted by Gasteiger charge is 2.17. The van der Waals surface area contributed by atoms with E-state index in [1.54, 1.807) is 7.11 Å². The maximum Gasteiger partial charge on any atom is 0.319 e. The van der Waals surface area contributed by atoms with Crippen molar-refractivity contribution in [2.24, 2.45) is 0 Å². The van der Waals surface area contributed by atoms with Crippen LogP contribution in [0.25, 0.3) is 11.0 Å². The maximum atomic E-state index is 6.09. The third-order valence-corrected chi connectivity index (χ3v) is 5.74. The zero-order chi connectivity index (χ0) is 22.3. The molecular formula is C23H32N6O3. The van der Waals surface area contributed by atoms with Gasteiger partial charge in [0.2, 0.25) is 0 Å². The van der Waals surface area contributed by atoms with Gasteiger partial charge in [-0.2, -0.15) is 15.1 Å². The number of nitrogens with zero attached hydrogens (tertiary/aromatic N) is 3. The van der Waals surface area contributed by atoms with Gasteiger partial charge >= 0.3 is 6.01 Å². The molecule has 9 heteroatoms. The lowest BCUT2D eigenvalue weighted by Gasteiger charge is -2.23. The van der Waals surface area contributed by atoms with Gasteiger partial charge < -0.3 is 25.3 Å². The van der Waals surface area contributed by atoms with Gasteiger partial charge in [0.15, 0.2) is 11.3 Å². The Morgan fingerprint density at radius 2 is 2.06 bits per heavy atom. The standard InChI is InChI=1S/C23H32N6O3/c1-3-4-9-32-23-26-20-18(28-29-21(20)22(24)27-23)13-16-6-5-15(12-19(16)30-2)14-25-17-7-10-31-11-8-17/h5-6,12,17,25H,3-4,7-11,13-14H2,1-2H3,(H,28,29)(H2,24,26,27). The molecule has 0 atom stereocenters. The van der Waals surface area contributed by atoms with Gasteiger partial charge in [-0.25, -0.2) is 0 Å². The largest absolute Gasteiger partial charge is 0.496 e. The topological polar surface area (TPSA) is 120 Å². The Morgan fingerprint density at radius 1 is 1.22 bits per heavy atom. The third-order valence-electron chi connectivity index (χ3n) is 5.74. The number of nitrogens with one attached hydrogen (secondary N) is 2. The number of aromatic amines is 1. The summed E-state index contributed by atoms with van der Waals surface area (Å²) in [5.41, 5.74) is 10.4. The van der Waals surface area contributed by atoms with Crippen LogP contribution in [0.5, 0.6) is 11.8 Å². The van der Waals surface area contributed by atoms with E-state index in [0.717, 1.165) is 62.4 Å². The molecular weight excluding hydrogens is 408 g/mol. The number of benzene rings is 1. The van der Waals surface area contributed by atoms with Gasteiger partial charge in [-0.05, 0) is 30.9 Å². The summed E-state index contributed by atoms with van der Waals surface area (Å²) in [5, 5.41) is 11.0. The lowest BCUT2D eigenvalue weighted by Crippen LogP contribution is -2.34. The van der Waals surface area contributed by atoms with Gasteiger partial charge in [-0.15, -0.1) is 0 Å². The number of anilines is 1. The van der Waals surface area contributed by atoms with Crippen LogP contribution in [0.15, 0.2) is 18.2 Å². The predicted octanol–water partition coefficient (Wildman–Crippen LogP) is 2.98. The second kappa shape index (κ2) is 10.6. The second-order valence-electron chi connectivity index (χ2n) is 8.08. The molecule has 1 aliphatic heterocycles. The van der Waals surface area contributed by atoms with Crippen molar-refractivity contribution in [2.45, 2.75) is 51.6 Å². The minimum atomic E-state index is 0.285. The fourth-order valence-electron chi connectivity index (χ4n) is 3.84. The summed E-state index contributed by atoms with van der Waals surface area (Å²) in [7, 11) is 1.69. The van der Waals surface area contributed by atoms with Gasteiger partial charge in [-0.3, -0.25) is 5.10 Å². The number of H-pyrrole nitrogens is 1. The predicted molar refractivity (Wildman–Crippen MR) is 123 cm³/mol. The molecule has 32 heavy (non-hydrogen) atoms. The van der Waals surface area contributed by atoms with Gasteiger partial charge in [-0.1, -0.05) is 25.5 Å². The zero-order valence-corrected chi connectivity index (χ0v) is 18.8. The first-order valence-electron chi connectivity index (χ1n) is 11.3. The molecule has 4 rings (SSSR count). The fraction of sp³-hybridized carbons (Fsp3) is 0.522. The van der Waals surface area contributed by atoms with E-state index in [1.807, 2.05) is 0 Å². The molecule has 4 N–H and O–H groups in total. The molecule has 1 aliphatic rings. The van der Waals surface area contributed by atoms with Crippen LogP contribution in [-0.2, 0) is 17.7 Å². The number of hydrogen-bond donors (Lipinski definition) is 3. The van der Waals surface area contributed by atoms with Crippen molar-refractivity contribution in [3.8, 4) is 11.8 Å². The molecule has 1 fully saturated rings. The molecule has 0 bridgehead atoms. The molecule has 0 unspecified atom stereocenters. The van der Waals surface area contributed by atoms with Crippen LogP contribution in [0.2, 0.25) is 0 Å². The van der Waals surface area contributed by atoms with Gasteiger partial charge in [0.1, 0.15) is 11.3 Å². The molecule has 0 amide bonds. The average molecular weight is 441 g/mol. The Balaban J connectivity index is 1.50. The van der Waals surface area contributed by atoms with E-state index in [0.29, 0.717) is 35.9 Å². The van der Waals surface area contributed by atoms with E-state index in [-0.39, 0.29) is 6.01 Å². The Morgan fingerprint density at radius 3 is 2.84 bits per heavy atom. The van der Waals surface area contributed by atoms with Crippen molar-refractivity contribution in [1.29, 1.82) is 0 Å². The Labute approximate surface area is 188 Å².